The van der Waals surface area contributed by atoms with Gasteiger partial charge in [-0.15, -0.1) is 0 Å². The number of aromatic nitrogens is 3. The Kier molecular flexibility index (Phi) is 5.43. The predicted molar refractivity (Wildman–Crippen MR) is 106 cm³/mol. The molecule has 1 fully saturated rings. The van der Waals surface area contributed by atoms with Gasteiger partial charge >= 0.3 is 6.61 Å². The molecule has 0 radical (unpaired) electrons. The lowest BCUT2D eigenvalue weighted by atomic mass is 10.1. The predicted octanol–water partition coefficient (Wildman–Crippen LogP) is 2.83. The first-order valence-corrected chi connectivity index (χ1v) is 9.22. The lowest BCUT2D eigenvalue weighted by Crippen LogP contribution is -2.47. The number of pyridine rings is 1. The van der Waals surface area contributed by atoms with Gasteiger partial charge in [-0.25, -0.2) is 0 Å². The van der Waals surface area contributed by atoms with Crippen LogP contribution in [0.15, 0.2) is 36.8 Å². The number of anilines is 2. The summed E-state index contributed by atoms with van der Waals surface area (Å²) in [7, 11) is 1.54. The van der Waals surface area contributed by atoms with Crippen LogP contribution in [0.25, 0.3) is 10.9 Å². The molecule has 1 aliphatic heterocycles. The van der Waals surface area contributed by atoms with Crippen molar-refractivity contribution < 1.29 is 18.3 Å². The highest BCUT2D eigenvalue weighted by Gasteiger charge is 2.23. The summed E-state index contributed by atoms with van der Waals surface area (Å²) in [6.07, 6.45) is 4.72. The molecule has 0 atom stereocenters. The van der Waals surface area contributed by atoms with E-state index in [0.29, 0.717) is 60.0 Å². The Labute approximate surface area is 171 Å². The van der Waals surface area contributed by atoms with Crippen molar-refractivity contribution in [3.63, 3.8) is 0 Å². The second-order valence-corrected chi connectivity index (χ2v) is 6.58. The molecule has 10 heteroatoms. The number of rotatable bonds is 5. The number of nitriles is 1. The maximum Gasteiger partial charge on any atom is 0.387 e. The van der Waals surface area contributed by atoms with E-state index in [4.69, 9.17) is 4.74 Å². The minimum atomic E-state index is -2.93. The Balaban J connectivity index is 1.63. The third-order valence-corrected chi connectivity index (χ3v) is 4.89. The van der Waals surface area contributed by atoms with Crippen LogP contribution in [0.5, 0.6) is 11.6 Å². The highest BCUT2D eigenvalue weighted by Crippen LogP contribution is 2.33. The SMILES string of the molecule is COc1cncc(N2CCN(c3c(C#N)cnc4ccc(OC(F)F)cc34)CC2)n1. The quantitative estimate of drug-likeness (QED) is 0.632. The third-order valence-electron chi connectivity index (χ3n) is 4.89. The Bertz CT molecular complexity index is 1100. The van der Waals surface area contributed by atoms with Gasteiger partial charge in [-0.1, -0.05) is 0 Å². The molecule has 1 saturated heterocycles. The van der Waals surface area contributed by atoms with Crippen LogP contribution in [0, 0.1) is 11.3 Å². The smallest absolute Gasteiger partial charge is 0.387 e. The minimum absolute atomic E-state index is 0.0286. The van der Waals surface area contributed by atoms with Gasteiger partial charge in [-0.05, 0) is 18.2 Å². The van der Waals surface area contributed by atoms with Crippen LogP contribution in [0.2, 0.25) is 0 Å². The fraction of sp³-hybridized carbons (Fsp3) is 0.300. The highest BCUT2D eigenvalue weighted by molar-refractivity contribution is 5.95. The molecular weight excluding hydrogens is 394 g/mol. The Morgan fingerprint density at radius 1 is 1.10 bits per heavy atom. The van der Waals surface area contributed by atoms with Crippen LogP contribution >= 0.6 is 0 Å². The summed E-state index contributed by atoms with van der Waals surface area (Å²) < 4.78 is 35.0. The minimum Gasteiger partial charge on any atom is -0.480 e. The summed E-state index contributed by atoms with van der Waals surface area (Å²) in [5.74, 6) is 1.18. The summed E-state index contributed by atoms with van der Waals surface area (Å²) in [5, 5.41) is 10.2. The van der Waals surface area contributed by atoms with E-state index in [1.807, 2.05) is 0 Å². The number of benzene rings is 1. The van der Waals surface area contributed by atoms with Gasteiger partial charge in [0.1, 0.15) is 11.8 Å². The van der Waals surface area contributed by atoms with Crippen LogP contribution in [0.1, 0.15) is 5.56 Å². The van der Waals surface area contributed by atoms with E-state index < -0.39 is 6.61 Å². The second kappa shape index (κ2) is 8.32. The van der Waals surface area contributed by atoms with Crippen molar-refractivity contribution in [2.24, 2.45) is 0 Å². The zero-order valence-corrected chi connectivity index (χ0v) is 16.1. The topological polar surface area (TPSA) is 87.4 Å². The van der Waals surface area contributed by atoms with Crippen molar-refractivity contribution in [2.75, 3.05) is 43.1 Å². The summed E-state index contributed by atoms with van der Waals surface area (Å²) >= 11 is 0. The fourth-order valence-electron chi connectivity index (χ4n) is 3.50. The molecule has 0 spiro atoms. The number of hydrogen-bond donors (Lipinski definition) is 0. The van der Waals surface area contributed by atoms with E-state index >= 15 is 0 Å². The van der Waals surface area contributed by atoms with Gasteiger partial charge in [-0.2, -0.15) is 19.0 Å². The van der Waals surface area contributed by atoms with E-state index in [9.17, 15) is 14.0 Å². The molecule has 2 aromatic heterocycles. The molecule has 0 aliphatic carbocycles. The van der Waals surface area contributed by atoms with Crippen molar-refractivity contribution in [1.82, 2.24) is 15.0 Å². The van der Waals surface area contributed by atoms with Gasteiger partial charge in [0.25, 0.3) is 0 Å². The monoisotopic (exact) mass is 412 g/mol. The van der Waals surface area contributed by atoms with Gasteiger partial charge in [0.05, 0.1) is 36.3 Å². The zero-order chi connectivity index (χ0) is 21.1. The van der Waals surface area contributed by atoms with E-state index in [1.54, 1.807) is 18.5 Å². The molecule has 0 amide bonds. The molecule has 1 aliphatic rings. The fourth-order valence-corrected chi connectivity index (χ4v) is 3.50. The first-order valence-electron chi connectivity index (χ1n) is 9.22. The average molecular weight is 412 g/mol. The van der Waals surface area contributed by atoms with Crippen molar-refractivity contribution in [1.29, 1.82) is 5.26 Å². The molecule has 30 heavy (non-hydrogen) atoms. The van der Waals surface area contributed by atoms with Crippen LogP contribution in [0.4, 0.5) is 20.3 Å². The molecule has 0 unspecified atom stereocenters. The number of methoxy groups -OCH3 is 1. The maximum atomic E-state index is 12.7. The van der Waals surface area contributed by atoms with Gasteiger partial charge in [0.2, 0.25) is 5.88 Å². The molecule has 4 rings (SSSR count). The zero-order valence-electron chi connectivity index (χ0n) is 16.1. The Hall–Kier alpha value is -3.74. The van der Waals surface area contributed by atoms with Crippen molar-refractivity contribution >= 4 is 22.4 Å². The summed E-state index contributed by atoms with van der Waals surface area (Å²) in [6.45, 7) is -0.433. The van der Waals surface area contributed by atoms with Crippen molar-refractivity contribution in [3.8, 4) is 17.7 Å². The molecule has 154 valence electrons. The van der Waals surface area contributed by atoms with E-state index in [1.165, 1.54) is 25.4 Å². The normalized spacial score (nSPS) is 14.1. The van der Waals surface area contributed by atoms with E-state index in [2.05, 4.69) is 35.6 Å². The summed E-state index contributed by atoms with van der Waals surface area (Å²) in [6, 6.07) is 6.71. The molecule has 0 saturated carbocycles. The number of hydrogen-bond acceptors (Lipinski definition) is 8. The van der Waals surface area contributed by atoms with E-state index in [0.717, 1.165) is 0 Å². The van der Waals surface area contributed by atoms with Crippen molar-refractivity contribution in [3.05, 3.63) is 42.4 Å². The van der Waals surface area contributed by atoms with Gasteiger partial charge in [-0.3, -0.25) is 9.97 Å². The molecule has 3 aromatic rings. The molecule has 0 N–H and O–H groups in total. The molecule has 8 nitrogen and oxygen atoms in total. The van der Waals surface area contributed by atoms with Gasteiger partial charge in [0.15, 0.2) is 5.82 Å². The van der Waals surface area contributed by atoms with Gasteiger partial charge in [0, 0.05) is 37.8 Å². The lowest BCUT2D eigenvalue weighted by Gasteiger charge is -2.37. The summed E-state index contributed by atoms with van der Waals surface area (Å²) in [4.78, 5) is 17.0. The Morgan fingerprint density at radius 3 is 2.57 bits per heavy atom. The molecular formula is C20H18F2N6O2. The van der Waals surface area contributed by atoms with Crippen LogP contribution in [-0.4, -0.2) is 54.9 Å². The third kappa shape index (κ3) is 3.87. The number of piperazine rings is 1. The second-order valence-electron chi connectivity index (χ2n) is 6.58. The molecule has 0 bridgehead atoms. The highest BCUT2D eigenvalue weighted by atomic mass is 19.3. The van der Waals surface area contributed by atoms with E-state index in [-0.39, 0.29) is 5.75 Å². The Morgan fingerprint density at radius 2 is 1.87 bits per heavy atom. The number of fused-ring (bicyclic) bond motifs is 1. The average Bonchev–Trinajstić information content (AvgIpc) is 2.78. The number of ether oxygens (including phenoxy) is 2. The number of nitrogens with zero attached hydrogens (tertiary/aromatic N) is 6. The standard InChI is InChI=1S/C20H18F2N6O2/c1-29-18-12-24-11-17(26-18)27-4-6-28(7-5-27)19-13(9-23)10-25-16-3-2-14(8-15(16)19)30-20(21)22/h2-3,8,10-12,20H,4-7H2,1H3. The van der Waals surface area contributed by atoms with Crippen LogP contribution in [0.3, 0.4) is 0 Å². The largest absolute Gasteiger partial charge is 0.480 e. The first-order chi connectivity index (χ1) is 14.6. The first kappa shape index (κ1) is 19.6. The van der Waals surface area contributed by atoms with Crippen LogP contribution < -0.4 is 19.3 Å². The number of alkyl halides is 2. The van der Waals surface area contributed by atoms with Crippen LogP contribution in [-0.2, 0) is 0 Å². The van der Waals surface area contributed by atoms with Gasteiger partial charge < -0.3 is 19.3 Å². The summed E-state index contributed by atoms with van der Waals surface area (Å²) in [5.41, 5.74) is 1.65. The van der Waals surface area contributed by atoms with Crippen molar-refractivity contribution in [2.45, 2.75) is 6.61 Å². The molecule has 3 heterocycles. The lowest BCUT2D eigenvalue weighted by molar-refractivity contribution is -0.0497. The molecule has 1 aromatic carbocycles. The maximum absolute atomic E-state index is 12.7. The number of halogens is 2.